The smallest absolute Gasteiger partial charge is 0.317 e. The average Bonchev–Trinajstić information content (AvgIpc) is 3.13. The van der Waals surface area contributed by atoms with Gasteiger partial charge in [-0.1, -0.05) is 36.4 Å². The van der Waals surface area contributed by atoms with E-state index in [4.69, 9.17) is 0 Å². The van der Waals surface area contributed by atoms with Crippen LogP contribution in [0.5, 0.6) is 0 Å². The van der Waals surface area contributed by atoms with Gasteiger partial charge in [-0.15, -0.1) is 0 Å². The first-order chi connectivity index (χ1) is 16.8. The minimum absolute atomic E-state index is 0.0715. The number of anilines is 1. The third kappa shape index (κ3) is 3.94. The van der Waals surface area contributed by atoms with E-state index in [9.17, 15) is 22.8 Å². The first-order valence-corrected chi connectivity index (χ1v) is 12.8. The Balaban J connectivity index is 1.46. The van der Waals surface area contributed by atoms with Gasteiger partial charge in [-0.05, 0) is 37.1 Å². The second-order valence-corrected chi connectivity index (χ2v) is 10.2. The highest BCUT2D eigenvalue weighted by molar-refractivity contribution is 7.89. The molecule has 0 spiro atoms. The number of fused-ring (bicyclic) bond motifs is 2. The predicted octanol–water partition coefficient (Wildman–Crippen LogP) is 2.72. The number of nitrogens with zero attached hydrogens (tertiary/aromatic N) is 2. The monoisotopic (exact) mass is 492 g/mol. The Morgan fingerprint density at radius 1 is 0.857 bits per heavy atom. The van der Waals surface area contributed by atoms with Gasteiger partial charge in [0.25, 0.3) is 11.8 Å². The highest BCUT2D eigenvalue weighted by Crippen LogP contribution is 2.35. The first-order valence-electron chi connectivity index (χ1n) is 11.3. The van der Waals surface area contributed by atoms with Crippen LogP contribution < -0.4 is 14.9 Å². The standard InChI is InChI=1S/C25H24N4O5S/c1-26-25(32)28-14-12-16(13-15-28)27-35(33,34)22-11-5-8-17-18(22)9-4-10-21(17)29-23(30)19-6-2-3-7-20(19)24(29)31/h2-11,16,27H,12-15H2,1H3,(H,26,32). The van der Waals surface area contributed by atoms with Crippen molar-refractivity contribution >= 4 is 44.3 Å². The molecule has 0 radical (unpaired) electrons. The maximum absolute atomic E-state index is 13.4. The van der Waals surface area contributed by atoms with Crippen molar-refractivity contribution in [1.82, 2.24) is 14.9 Å². The van der Waals surface area contributed by atoms with E-state index in [0.717, 1.165) is 4.90 Å². The average molecular weight is 493 g/mol. The molecule has 0 aromatic heterocycles. The van der Waals surface area contributed by atoms with Gasteiger partial charge in [0.15, 0.2) is 0 Å². The number of carbonyl (C=O) groups excluding carboxylic acids is 3. The molecule has 2 aliphatic heterocycles. The molecule has 0 bridgehead atoms. The SMILES string of the molecule is CNC(=O)N1CCC(NS(=O)(=O)c2cccc3c(N4C(=O)c5ccccc5C4=O)cccc23)CC1. The maximum atomic E-state index is 13.4. The van der Waals surface area contributed by atoms with Gasteiger partial charge in [-0.25, -0.2) is 22.8 Å². The molecule has 4 amide bonds. The van der Waals surface area contributed by atoms with Crippen LogP contribution in [0, 0.1) is 0 Å². The molecule has 3 aromatic carbocycles. The van der Waals surface area contributed by atoms with Crippen LogP contribution in [0.1, 0.15) is 33.6 Å². The molecule has 1 fully saturated rings. The fourth-order valence-electron chi connectivity index (χ4n) is 4.74. The largest absolute Gasteiger partial charge is 0.341 e. The maximum Gasteiger partial charge on any atom is 0.317 e. The molecular weight excluding hydrogens is 468 g/mol. The first kappa shape index (κ1) is 23.0. The Bertz CT molecular complexity index is 1430. The van der Waals surface area contributed by atoms with Crippen molar-refractivity contribution in [3.05, 3.63) is 71.8 Å². The molecule has 3 aromatic rings. The van der Waals surface area contributed by atoms with Crippen molar-refractivity contribution in [2.45, 2.75) is 23.8 Å². The molecule has 2 aliphatic rings. The van der Waals surface area contributed by atoms with Gasteiger partial charge in [0.1, 0.15) is 0 Å². The highest BCUT2D eigenvalue weighted by Gasteiger charge is 2.37. The van der Waals surface area contributed by atoms with Crippen LogP contribution in [0.25, 0.3) is 10.8 Å². The second kappa shape index (κ2) is 8.79. The summed E-state index contributed by atoms with van der Waals surface area (Å²) in [5.74, 6) is -0.875. The number of hydrogen-bond donors (Lipinski definition) is 2. The molecule has 0 saturated carbocycles. The van der Waals surface area contributed by atoms with Gasteiger partial charge in [0.2, 0.25) is 10.0 Å². The zero-order valence-corrected chi connectivity index (χ0v) is 19.8. The topological polar surface area (TPSA) is 116 Å². The Kier molecular flexibility index (Phi) is 5.78. The van der Waals surface area contributed by atoms with Crippen LogP contribution in [-0.2, 0) is 10.0 Å². The van der Waals surface area contributed by atoms with Gasteiger partial charge in [-0.3, -0.25) is 9.59 Å². The molecule has 0 aliphatic carbocycles. The minimum Gasteiger partial charge on any atom is -0.341 e. The van der Waals surface area contributed by atoms with Crippen LogP contribution in [0.15, 0.2) is 65.6 Å². The molecule has 9 nitrogen and oxygen atoms in total. The van der Waals surface area contributed by atoms with Crippen LogP contribution in [0.3, 0.4) is 0 Å². The summed E-state index contributed by atoms with van der Waals surface area (Å²) in [6.45, 7) is 0.901. The number of rotatable bonds is 4. The lowest BCUT2D eigenvalue weighted by Crippen LogP contribution is -2.48. The molecule has 0 unspecified atom stereocenters. The summed E-state index contributed by atoms with van der Waals surface area (Å²) < 4.78 is 29.5. The number of sulfonamides is 1. The molecule has 35 heavy (non-hydrogen) atoms. The van der Waals surface area contributed by atoms with E-state index in [1.807, 2.05) is 0 Å². The minimum atomic E-state index is -3.91. The molecule has 0 atom stereocenters. The van der Waals surface area contributed by atoms with Gasteiger partial charge >= 0.3 is 6.03 Å². The highest BCUT2D eigenvalue weighted by atomic mass is 32.2. The number of benzene rings is 3. The van der Waals surface area contributed by atoms with E-state index in [0.29, 0.717) is 53.5 Å². The van der Waals surface area contributed by atoms with E-state index in [2.05, 4.69) is 10.0 Å². The Morgan fingerprint density at radius 3 is 2.09 bits per heavy atom. The summed E-state index contributed by atoms with van der Waals surface area (Å²) >= 11 is 0. The number of urea groups is 1. The third-order valence-corrected chi connectivity index (χ3v) is 8.08. The summed E-state index contributed by atoms with van der Waals surface area (Å²) in [7, 11) is -2.34. The van der Waals surface area contributed by atoms with E-state index in [1.165, 1.54) is 6.07 Å². The summed E-state index contributed by atoms with van der Waals surface area (Å²) in [6, 6.07) is 15.9. The number of amides is 4. The number of carbonyl (C=O) groups is 3. The van der Waals surface area contributed by atoms with Crippen LogP contribution >= 0.6 is 0 Å². The summed E-state index contributed by atoms with van der Waals surface area (Å²) in [5.41, 5.74) is 0.982. The normalized spacial score (nSPS) is 16.6. The molecular formula is C25H24N4O5S. The van der Waals surface area contributed by atoms with Crippen molar-refractivity contribution in [2.75, 3.05) is 25.0 Å². The van der Waals surface area contributed by atoms with E-state index in [-0.39, 0.29) is 17.0 Å². The summed E-state index contributed by atoms with van der Waals surface area (Å²) in [6.07, 6.45) is 0.995. The molecule has 10 heteroatoms. The fourth-order valence-corrected chi connectivity index (χ4v) is 6.27. The zero-order valence-electron chi connectivity index (χ0n) is 19.0. The van der Waals surface area contributed by atoms with Crippen molar-refractivity contribution < 1.29 is 22.8 Å². The molecule has 5 rings (SSSR count). The van der Waals surface area contributed by atoms with Crippen LogP contribution in [0.2, 0.25) is 0 Å². The van der Waals surface area contributed by atoms with E-state index < -0.39 is 21.8 Å². The Hall–Kier alpha value is -3.76. The number of likely N-dealkylation sites (tertiary alicyclic amines) is 1. The quantitative estimate of drug-likeness (QED) is 0.544. The predicted molar refractivity (Wildman–Crippen MR) is 131 cm³/mol. The zero-order chi connectivity index (χ0) is 24.7. The molecule has 2 N–H and O–H groups in total. The molecule has 2 heterocycles. The van der Waals surface area contributed by atoms with Gasteiger partial charge in [0.05, 0.1) is 21.7 Å². The fraction of sp³-hybridized carbons (Fsp3) is 0.240. The Morgan fingerprint density at radius 2 is 1.46 bits per heavy atom. The van der Waals surface area contributed by atoms with Crippen molar-refractivity contribution in [2.24, 2.45) is 0 Å². The van der Waals surface area contributed by atoms with Crippen LogP contribution in [0.4, 0.5) is 10.5 Å². The lowest BCUT2D eigenvalue weighted by Gasteiger charge is -2.32. The number of imide groups is 1. The van der Waals surface area contributed by atoms with E-state index in [1.54, 1.807) is 66.5 Å². The van der Waals surface area contributed by atoms with Crippen molar-refractivity contribution in [3.8, 4) is 0 Å². The lowest BCUT2D eigenvalue weighted by atomic mass is 10.1. The number of hydrogen-bond acceptors (Lipinski definition) is 5. The number of nitrogens with one attached hydrogen (secondary N) is 2. The Labute approximate surface area is 202 Å². The molecule has 180 valence electrons. The van der Waals surface area contributed by atoms with Crippen LogP contribution in [-0.4, -0.2) is 57.3 Å². The van der Waals surface area contributed by atoms with Crippen molar-refractivity contribution in [1.29, 1.82) is 0 Å². The van der Waals surface area contributed by atoms with Gasteiger partial charge < -0.3 is 10.2 Å². The number of piperidine rings is 1. The summed E-state index contributed by atoms with van der Waals surface area (Å²) in [4.78, 5) is 40.7. The lowest BCUT2D eigenvalue weighted by molar-refractivity contribution is 0.0926. The van der Waals surface area contributed by atoms with Gasteiger partial charge in [-0.2, -0.15) is 0 Å². The van der Waals surface area contributed by atoms with E-state index >= 15 is 0 Å². The van der Waals surface area contributed by atoms with Crippen molar-refractivity contribution in [3.63, 3.8) is 0 Å². The second-order valence-electron chi connectivity index (χ2n) is 8.56. The van der Waals surface area contributed by atoms with Gasteiger partial charge in [0, 0.05) is 37.0 Å². The molecule has 1 saturated heterocycles. The summed E-state index contributed by atoms with van der Waals surface area (Å²) in [5, 5.41) is 3.48. The third-order valence-electron chi connectivity index (χ3n) is 6.50.